The average molecular weight is 702 g/mol. The Bertz CT molecular complexity index is 2830. The second-order valence-corrected chi connectivity index (χ2v) is 15.6. The zero-order chi connectivity index (χ0) is 36.7. The first kappa shape index (κ1) is 31.8. The maximum Gasteiger partial charge on any atom is 0.0719 e. The van der Waals surface area contributed by atoms with Crippen LogP contribution in [-0.2, 0) is 10.8 Å². The third-order valence-corrected chi connectivity index (χ3v) is 12.5. The van der Waals surface area contributed by atoms with Crippen LogP contribution >= 0.6 is 0 Å². The molecular formula is C54H39N. The van der Waals surface area contributed by atoms with E-state index in [1.807, 2.05) is 0 Å². The topological polar surface area (TPSA) is 3.24 Å². The van der Waals surface area contributed by atoms with Gasteiger partial charge in [-0.15, -0.1) is 0 Å². The number of anilines is 3. The molecule has 2 aliphatic carbocycles. The standard InChI is InChI=1S/C54H39N/c1-53(2)45-25-9-11-27-47(45)54(48-28-12-10-26-46(48)53)44-24-8-7-22-43(44)52-42(23-15-29-49(52)54)38-32-34-39(35-33-38)55(50-30-13-18-36-16-3-5-20-40(36)50)51-31-14-19-37-17-4-6-21-41(37)51/h3-35H,1-2H3. The van der Waals surface area contributed by atoms with Gasteiger partial charge in [-0.1, -0.05) is 190 Å². The molecule has 0 aliphatic heterocycles. The molecule has 0 heterocycles. The van der Waals surface area contributed by atoms with Crippen molar-refractivity contribution in [1.82, 2.24) is 0 Å². The summed E-state index contributed by atoms with van der Waals surface area (Å²) in [5, 5.41) is 4.90. The van der Waals surface area contributed by atoms with E-state index in [0.29, 0.717) is 0 Å². The normalized spacial score (nSPS) is 14.3. The first-order valence-corrected chi connectivity index (χ1v) is 19.4. The van der Waals surface area contributed by atoms with Gasteiger partial charge in [0.1, 0.15) is 0 Å². The highest BCUT2D eigenvalue weighted by Gasteiger charge is 2.53. The maximum absolute atomic E-state index is 2.44. The van der Waals surface area contributed by atoms with Gasteiger partial charge in [-0.3, -0.25) is 0 Å². The van der Waals surface area contributed by atoms with E-state index < -0.39 is 5.41 Å². The van der Waals surface area contributed by atoms with E-state index in [1.165, 1.54) is 77.2 Å². The van der Waals surface area contributed by atoms with Gasteiger partial charge in [0, 0.05) is 21.9 Å². The summed E-state index contributed by atoms with van der Waals surface area (Å²) in [4.78, 5) is 2.44. The fraction of sp³-hybridized carbons (Fsp3) is 0.0741. The Balaban J connectivity index is 1.13. The highest BCUT2D eigenvalue weighted by Crippen LogP contribution is 2.63. The molecule has 0 saturated carbocycles. The summed E-state index contributed by atoms with van der Waals surface area (Å²) in [5.74, 6) is 0. The molecule has 0 fully saturated rings. The van der Waals surface area contributed by atoms with Crippen LogP contribution in [0.15, 0.2) is 200 Å². The van der Waals surface area contributed by atoms with Gasteiger partial charge in [0.15, 0.2) is 0 Å². The first-order valence-electron chi connectivity index (χ1n) is 19.4. The third kappa shape index (κ3) is 4.41. The van der Waals surface area contributed by atoms with Gasteiger partial charge in [0.05, 0.1) is 16.8 Å². The second-order valence-electron chi connectivity index (χ2n) is 15.6. The van der Waals surface area contributed by atoms with Gasteiger partial charge in [-0.2, -0.15) is 0 Å². The van der Waals surface area contributed by atoms with Gasteiger partial charge in [-0.25, -0.2) is 0 Å². The fourth-order valence-electron chi connectivity index (χ4n) is 10.2. The van der Waals surface area contributed by atoms with Crippen LogP contribution in [0.1, 0.15) is 47.2 Å². The molecule has 2 aliphatic rings. The van der Waals surface area contributed by atoms with Crippen LogP contribution < -0.4 is 4.90 Å². The van der Waals surface area contributed by atoms with Crippen molar-refractivity contribution in [2.45, 2.75) is 24.7 Å². The lowest BCUT2D eigenvalue weighted by Crippen LogP contribution is -2.40. The molecule has 1 spiro atoms. The summed E-state index contributed by atoms with van der Waals surface area (Å²) in [5.41, 5.74) is 16.3. The fourth-order valence-corrected chi connectivity index (χ4v) is 10.2. The molecule has 9 aromatic carbocycles. The van der Waals surface area contributed by atoms with Crippen molar-refractivity contribution in [3.63, 3.8) is 0 Å². The molecule has 9 aromatic rings. The molecule has 0 amide bonds. The lowest BCUT2D eigenvalue weighted by Gasteiger charge is -2.46. The molecule has 0 atom stereocenters. The van der Waals surface area contributed by atoms with E-state index in [4.69, 9.17) is 0 Å². The monoisotopic (exact) mass is 701 g/mol. The molecule has 0 unspecified atom stereocenters. The zero-order valence-corrected chi connectivity index (χ0v) is 31.0. The summed E-state index contributed by atoms with van der Waals surface area (Å²) < 4.78 is 0. The minimum Gasteiger partial charge on any atom is -0.309 e. The van der Waals surface area contributed by atoms with Crippen molar-refractivity contribution in [3.05, 3.63) is 234 Å². The van der Waals surface area contributed by atoms with Gasteiger partial charge < -0.3 is 4.90 Å². The largest absolute Gasteiger partial charge is 0.309 e. The molecule has 55 heavy (non-hydrogen) atoms. The van der Waals surface area contributed by atoms with Crippen LogP contribution in [0, 0.1) is 0 Å². The number of rotatable bonds is 4. The van der Waals surface area contributed by atoms with E-state index >= 15 is 0 Å². The van der Waals surface area contributed by atoms with E-state index in [1.54, 1.807) is 0 Å². The number of benzene rings is 9. The Labute approximate surface area is 322 Å². The van der Waals surface area contributed by atoms with Crippen LogP contribution in [-0.4, -0.2) is 0 Å². The molecular weight excluding hydrogens is 663 g/mol. The Hall–Kier alpha value is -6.70. The molecule has 1 heteroatoms. The van der Waals surface area contributed by atoms with Crippen molar-refractivity contribution >= 4 is 38.6 Å². The Morgan fingerprint density at radius 1 is 0.345 bits per heavy atom. The first-order chi connectivity index (χ1) is 27.1. The molecule has 0 N–H and O–H groups in total. The van der Waals surface area contributed by atoms with Crippen LogP contribution in [0.2, 0.25) is 0 Å². The molecule has 0 radical (unpaired) electrons. The number of hydrogen-bond donors (Lipinski definition) is 0. The lowest BCUT2D eigenvalue weighted by atomic mass is 9.55. The van der Waals surface area contributed by atoms with E-state index in [2.05, 4.69) is 219 Å². The molecule has 11 rings (SSSR count). The molecule has 260 valence electrons. The van der Waals surface area contributed by atoms with Gasteiger partial charge in [-0.05, 0) is 90.7 Å². The van der Waals surface area contributed by atoms with Crippen LogP contribution in [0.3, 0.4) is 0 Å². The van der Waals surface area contributed by atoms with E-state index in [-0.39, 0.29) is 5.41 Å². The summed E-state index contributed by atoms with van der Waals surface area (Å²) in [6, 6.07) is 74.4. The Morgan fingerprint density at radius 2 is 0.782 bits per heavy atom. The van der Waals surface area contributed by atoms with Gasteiger partial charge >= 0.3 is 0 Å². The maximum atomic E-state index is 2.44. The van der Waals surface area contributed by atoms with Crippen LogP contribution in [0.5, 0.6) is 0 Å². The third-order valence-electron chi connectivity index (χ3n) is 12.5. The number of hydrogen-bond acceptors (Lipinski definition) is 1. The highest BCUT2D eigenvalue weighted by atomic mass is 15.1. The quantitative estimate of drug-likeness (QED) is 0.177. The summed E-state index contributed by atoms with van der Waals surface area (Å²) in [6.45, 7) is 4.77. The predicted octanol–water partition coefficient (Wildman–Crippen LogP) is 14.1. The Morgan fingerprint density at radius 3 is 1.38 bits per heavy atom. The van der Waals surface area contributed by atoms with E-state index in [0.717, 1.165) is 17.1 Å². The van der Waals surface area contributed by atoms with Crippen LogP contribution in [0.25, 0.3) is 43.8 Å². The van der Waals surface area contributed by atoms with Crippen molar-refractivity contribution in [1.29, 1.82) is 0 Å². The van der Waals surface area contributed by atoms with Crippen molar-refractivity contribution in [2.75, 3.05) is 4.90 Å². The predicted molar refractivity (Wildman–Crippen MR) is 231 cm³/mol. The smallest absolute Gasteiger partial charge is 0.0719 e. The van der Waals surface area contributed by atoms with Crippen molar-refractivity contribution in [2.24, 2.45) is 0 Å². The van der Waals surface area contributed by atoms with Crippen molar-refractivity contribution < 1.29 is 0 Å². The van der Waals surface area contributed by atoms with Crippen molar-refractivity contribution in [3.8, 4) is 22.3 Å². The summed E-state index contributed by atoms with van der Waals surface area (Å²) >= 11 is 0. The minimum atomic E-state index is -0.413. The number of nitrogens with zero attached hydrogens (tertiary/aromatic N) is 1. The summed E-state index contributed by atoms with van der Waals surface area (Å²) in [6.07, 6.45) is 0. The molecule has 0 aromatic heterocycles. The second kappa shape index (κ2) is 11.9. The molecule has 1 nitrogen and oxygen atoms in total. The highest BCUT2D eigenvalue weighted by molar-refractivity contribution is 6.05. The van der Waals surface area contributed by atoms with Crippen LogP contribution in [0.4, 0.5) is 17.1 Å². The SMILES string of the molecule is CC1(C)c2ccccc2C2(c3ccccc3-c3c(-c4ccc(N(c5cccc6ccccc56)c5cccc6ccccc56)cc4)cccc32)c2ccccc21. The molecule has 0 bridgehead atoms. The summed E-state index contributed by atoms with van der Waals surface area (Å²) in [7, 11) is 0. The van der Waals surface area contributed by atoms with Gasteiger partial charge in [0.25, 0.3) is 0 Å². The van der Waals surface area contributed by atoms with E-state index in [9.17, 15) is 0 Å². The average Bonchev–Trinajstić information content (AvgIpc) is 3.55. The Kier molecular flexibility index (Phi) is 6.88. The molecule has 0 saturated heterocycles. The van der Waals surface area contributed by atoms with Gasteiger partial charge in [0.2, 0.25) is 0 Å². The zero-order valence-electron chi connectivity index (χ0n) is 31.0. The lowest BCUT2D eigenvalue weighted by molar-refractivity contribution is 0.563. The minimum absolute atomic E-state index is 0.121. The number of fused-ring (bicyclic) bond motifs is 11.